The first-order chi connectivity index (χ1) is 10.0. The van der Waals surface area contributed by atoms with Crippen molar-refractivity contribution in [3.8, 4) is 0 Å². The van der Waals surface area contributed by atoms with Crippen LogP contribution in [0.2, 0.25) is 0 Å². The molecule has 0 N–H and O–H groups in total. The van der Waals surface area contributed by atoms with Gasteiger partial charge in [0.25, 0.3) is 5.91 Å². The van der Waals surface area contributed by atoms with Gasteiger partial charge >= 0.3 is 5.97 Å². The zero-order chi connectivity index (χ0) is 15.4. The number of amides is 1. The second kappa shape index (κ2) is 7.02. The molecule has 0 saturated carbocycles. The molecule has 1 atom stereocenters. The molecule has 6 heteroatoms. The Kier molecular flexibility index (Phi) is 5.33. The fourth-order valence-electron chi connectivity index (χ4n) is 2.43. The maximum atomic E-state index is 13.5. The Hall–Kier alpha value is -1.43. The van der Waals surface area contributed by atoms with E-state index in [1.165, 1.54) is 12.1 Å². The highest BCUT2D eigenvalue weighted by molar-refractivity contribution is 9.10. The number of esters is 1. The van der Waals surface area contributed by atoms with E-state index < -0.39 is 5.82 Å². The van der Waals surface area contributed by atoms with Gasteiger partial charge in [-0.15, -0.1) is 0 Å². The molecule has 1 aromatic carbocycles. The van der Waals surface area contributed by atoms with Crippen molar-refractivity contribution in [3.05, 3.63) is 34.1 Å². The summed E-state index contributed by atoms with van der Waals surface area (Å²) in [4.78, 5) is 25.7. The second-order valence-electron chi connectivity index (χ2n) is 4.97. The van der Waals surface area contributed by atoms with Gasteiger partial charge in [0.05, 0.1) is 17.0 Å². The molecule has 1 saturated heterocycles. The standard InChI is InChI=1S/C15H17BrFNO3/c1-2-21-15(20)11-4-3-7-18(9-11)14(19)10-5-6-12(16)13(17)8-10/h5-6,8,11H,2-4,7,9H2,1H3/t11-/m0/s1. The van der Waals surface area contributed by atoms with Crippen LogP contribution in [0.5, 0.6) is 0 Å². The summed E-state index contributed by atoms with van der Waals surface area (Å²) in [5.74, 6) is -1.28. The second-order valence-corrected chi connectivity index (χ2v) is 5.83. The lowest BCUT2D eigenvalue weighted by Gasteiger charge is -2.31. The normalized spacial score (nSPS) is 18.4. The lowest BCUT2D eigenvalue weighted by atomic mass is 9.97. The third-order valence-electron chi connectivity index (χ3n) is 3.50. The molecule has 2 rings (SSSR count). The van der Waals surface area contributed by atoms with Crippen LogP contribution in [0.4, 0.5) is 4.39 Å². The van der Waals surface area contributed by atoms with Crippen LogP contribution in [-0.4, -0.2) is 36.5 Å². The van der Waals surface area contributed by atoms with E-state index in [2.05, 4.69) is 15.9 Å². The molecule has 1 heterocycles. The number of piperidine rings is 1. The fraction of sp³-hybridized carbons (Fsp3) is 0.467. The summed E-state index contributed by atoms with van der Waals surface area (Å²) in [6.45, 7) is 3.00. The van der Waals surface area contributed by atoms with Gasteiger partial charge in [0.15, 0.2) is 0 Å². The van der Waals surface area contributed by atoms with Gasteiger partial charge in [-0.05, 0) is 53.9 Å². The molecule has 0 aliphatic carbocycles. The SMILES string of the molecule is CCOC(=O)[C@H]1CCCN(C(=O)c2ccc(Br)c(F)c2)C1. The molecular formula is C15H17BrFNO3. The van der Waals surface area contributed by atoms with Crippen molar-refractivity contribution in [1.82, 2.24) is 4.90 Å². The minimum atomic E-state index is -0.472. The van der Waals surface area contributed by atoms with Crippen molar-refractivity contribution in [1.29, 1.82) is 0 Å². The van der Waals surface area contributed by atoms with Crippen molar-refractivity contribution in [2.24, 2.45) is 5.92 Å². The van der Waals surface area contributed by atoms with Gasteiger partial charge in [-0.3, -0.25) is 9.59 Å². The molecule has 1 aromatic rings. The highest BCUT2D eigenvalue weighted by Crippen LogP contribution is 2.22. The lowest BCUT2D eigenvalue weighted by Crippen LogP contribution is -2.42. The molecule has 0 aromatic heterocycles. The Morgan fingerprint density at radius 1 is 1.48 bits per heavy atom. The van der Waals surface area contributed by atoms with E-state index in [1.807, 2.05) is 0 Å². The Morgan fingerprint density at radius 2 is 2.24 bits per heavy atom. The first-order valence-corrected chi connectivity index (χ1v) is 7.73. The van der Waals surface area contributed by atoms with Crippen molar-refractivity contribution in [3.63, 3.8) is 0 Å². The number of nitrogens with zero attached hydrogens (tertiary/aromatic N) is 1. The molecule has 0 spiro atoms. The van der Waals surface area contributed by atoms with Crippen LogP contribution in [-0.2, 0) is 9.53 Å². The Morgan fingerprint density at radius 3 is 2.90 bits per heavy atom. The van der Waals surface area contributed by atoms with Crippen LogP contribution in [0.15, 0.2) is 22.7 Å². The predicted molar refractivity (Wildman–Crippen MR) is 79.4 cm³/mol. The molecule has 114 valence electrons. The van der Waals surface area contributed by atoms with Crippen LogP contribution < -0.4 is 0 Å². The molecule has 1 amide bonds. The van der Waals surface area contributed by atoms with Gasteiger partial charge < -0.3 is 9.64 Å². The number of halogens is 2. The van der Waals surface area contributed by atoms with E-state index >= 15 is 0 Å². The van der Waals surface area contributed by atoms with Crippen LogP contribution in [0.3, 0.4) is 0 Å². The zero-order valence-corrected chi connectivity index (χ0v) is 13.4. The van der Waals surface area contributed by atoms with Gasteiger partial charge in [-0.1, -0.05) is 0 Å². The number of carbonyl (C=O) groups is 2. The molecule has 0 unspecified atom stereocenters. The molecule has 21 heavy (non-hydrogen) atoms. The molecule has 1 aliphatic heterocycles. The fourth-order valence-corrected chi connectivity index (χ4v) is 2.67. The van der Waals surface area contributed by atoms with Crippen LogP contribution >= 0.6 is 15.9 Å². The topological polar surface area (TPSA) is 46.6 Å². The quantitative estimate of drug-likeness (QED) is 0.781. The summed E-state index contributed by atoms with van der Waals surface area (Å²) in [5, 5.41) is 0. The minimum Gasteiger partial charge on any atom is -0.466 e. The number of hydrogen-bond donors (Lipinski definition) is 0. The Balaban J connectivity index is 2.08. The largest absolute Gasteiger partial charge is 0.466 e. The first kappa shape index (κ1) is 15.9. The summed E-state index contributed by atoms with van der Waals surface area (Å²) in [6, 6.07) is 4.29. The van der Waals surface area contributed by atoms with Crippen molar-refractivity contribution in [2.75, 3.05) is 19.7 Å². The summed E-state index contributed by atoms with van der Waals surface area (Å²) in [6.07, 6.45) is 1.46. The number of benzene rings is 1. The van der Waals surface area contributed by atoms with Crippen LogP contribution in [0, 0.1) is 11.7 Å². The number of ether oxygens (including phenoxy) is 1. The molecule has 4 nitrogen and oxygen atoms in total. The monoisotopic (exact) mass is 357 g/mol. The van der Waals surface area contributed by atoms with E-state index in [9.17, 15) is 14.0 Å². The summed E-state index contributed by atoms with van der Waals surface area (Å²) < 4.78 is 18.8. The molecule has 0 radical (unpaired) electrons. The third-order valence-corrected chi connectivity index (χ3v) is 4.14. The molecular weight excluding hydrogens is 341 g/mol. The van der Waals surface area contributed by atoms with E-state index in [4.69, 9.17) is 4.74 Å². The van der Waals surface area contributed by atoms with Gasteiger partial charge in [-0.25, -0.2) is 4.39 Å². The summed E-state index contributed by atoms with van der Waals surface area (Å²) >= 11 is 3.06. The van der Waals surface area contributed by atoms with Gasteiger partial charge in [0.2, 0.25) is 0 Å². The van der Waals surface area contributed by atoms with Gasteiger partial charge in [-0.2, -0.15) is 0 Å². The van der Waals surface area contributed by atoms with Crippen LogP contribution in [0.25, 0.3) is 0 Å². The molecule has 1 aliphatic rings. The Labute approximate surface area is 131 Å². The minimum absolute atomic E-state index is 0.254. The van der Waals surface area contributed by atoms with Gasteiger partial charge in [0.1, 0.15) is 5.82 Å². The number of likely N-dealkylation sites (tertiary alicyclic amines) is 1. The van der Waals surface area contributed by atoms with Crippen molar-refractivity contribution < 1.29 is 18.7 Å². The van der Waals surface area contributed by atoms with E-state index in [-0.39, 0.29) is 17.8 Å². The smallest absolute Gasteiger partial charge is 0.310 e. The Bertz CT molecular complexity index is 550. The molecule has 1 fully saturated rings. The van der Waals surface area contributed by atoms with Crippen molar-refractivity contribution in [2.45, 2.75) is 19.8 Å². The van der Waals surface area contributed by atoms with E-state index in [0.717, 1.165) is 12.8 Å². The predicted octanol–water partition coefficient (Wildman–Crippen LogP) is 3.00. The lowest BCUT2D eigenvalue weighted by molar-refractivity contribution is -0.149. The number of hydrogen-bond acceptors (Lipinski definition) is 3. The maximum Gasteiger partial charge on any atom is 0.310 e. The van der Waals surface area contributed by atoms with Crippen molar-refractivity contribution >= 4 is 27.8 Å². The summed E-state index contributed by atoms with van der Waals surface area (Å²) in [5.41, 5.74) is 0.292. The summed E-state index contributed by atoms with van der Waals surface area (Å²) in [7, 11) is 0. The number of carbonyl (C=O) groups excluding carboxylic acids is 2. The molecule has 0 bridgehead atoms. The average Bonchev–Trinajstić information content (AvgIpc) is 2.49. The van der Waals surface area contributed by atoms with E-state index in [0.29, 0.717) is 29.7 Å². The van der Waals surface area contributed by atoms with Gasteiger partial charge in [0, 0.05) is 18.7 Å². The average molecular weight is 358 g/mol. The highest BCUT2D eigenvalue weighted by Gasteiger charge is 2.29. The maximum absolute atomic E-state index is 13.5. The van der Waals surface area contributed by atoms with Crippen LogP contribution in [0.1, 0.15) is 30.1 Å². The zero-order valence-electron chi connectivity index (χ0n) is 11.8. The van der Waals surface area contributed by atoms with E-state index in [1.54, 1.807) is 17.9 Å². The first-order valence-electron chi connectivity index (χ1n) is 6.94. The number of rotatable bonds is 3. The third kappa shape index (κ3) is 3.81. The highest BCUT2D eigenvalue weighted by atomic mass is 79.9.